The Morgan fingerprint density at radius 1 is 1.30 bits per heavy atom. The molecular weight excluding hydrogens is 255 g/mol. The van der Waals surface area contributed by atoms with Crippen molar-refractivity contribution in [3.8, 4) is 17.6 Å². The number of aliphatic hydroxyl groups excluding tert-OH is 1. The van der Waals surface area contributed by atoms with E-state index in [2.05, 4.69) is 18.8 Å². The molecule has 1 aliphatic rings. The molecule has 1 saturated carbocycles. The number of hydrogen-bond donors (Lipinski definition) is 1. The van der Waals surface area contributed by atoms with E-state index in [0.29, 0.717) is 11.3 Å². The van der Waals surface area contributed by atoms with Gasteiger partial charge in [0.2, 0.25) is 0 Å². The fourth-order valence-electron chi connectivity index (χ4n) is 2.66. The molecule has 0 spiro atoms. The van der Waals surface area contributed by atoms with E-state index < -0.39 is 5.82 Å². The number of hydrogen-bond acceptors (Lipinski definition) is 2. The summed E-state index contributed by atoms with van der Waals surface area (Å²) in [5.74, 6) is 6.01. The lowest BCUT2D eigenvalue weighted by molar-refractivity contribution is 0.129. The van der Waals surface area contributed by atoms with E-state index in [1.54, 1.807) is 12.1 Å². The highest BCUT2D eigenvalue weighted by Crippen LogP contribution is 2.29. The fraction of sp³-hybridized carbons (Fsp3) is 0.529. The predicted octanol–water partition coefficient (Wildman–Crippen LogP) is 3.52. The minimum Gasteiger partial charge on any atom is -0.490 e. The van der Waals surface area contributed by atoms with Crippen molar-refractivity contribution in [1.82, 2.24) is 0 Å². The van der Waals surface area contributed by atoms with Crippen LogP contribution in [0.5, 0.6) is 5.75 Å². The van der Waals surface area contributed by atoms with E-state index in [4.69, 9.17) is 9.84 Å². The van der Waals surface area contributed by atoms with E-state index in [1.807, 2.05) is 0 Å². The Labute approximate surface area is 120 Å². The molecule has 3 heteroatoms. The van der Waals surface area contributed by atoms with E-state index in [-0.39, 0.29) is 12.7 Å². The molecule has 108 valence electrons. The van der Waals surface area contributed by atoms with Crippen LogP contribution in [0.2, 0.25) is 0 Å². The number of rotatable bonds is 3. The Balaban J connectivity index is 1.95. The molecule has 1 aliphatic carbocycles. The van der Waals surface area contributed by atoms with E-state index in [9.17, 15) is 4.39 Å². The van der Waals surface area contributed by atoms with Gasteiger partial charge < -0.3 is 9.84 Å². The van der Waals surface area contributed by atoms with Crippen LogP contribution in [0.1, 0.15) is 44.6 Å². The third kappa shape index (κ3) is 3.98. The summed E-state index contributed by atoms with van der Waals surface area (Å²) in [5.41, 5.74) is 0.293. The molecule has 2 rings (SSSR count). The van der Waals surface area contributed by atoms with Gasteiger partial charge in [-0.2, -0.15) is 0 Å². The van der Waals surface area contributed by atoms with Gasteiger partial charge in [0, 0.05) is 6.07 Å². The molecule has 0 radical (unpaired) electrons. The first-order valence-corrected chi connectivity index (χ1v) is 7.28. The number of ether oxygens (including phenoxy) is 1. The normalized spacial score (nSPS) is 21.9. The molecule has 0 saturated heterocycles. The molecule has 1 aromatic carbocycles. The summed E-state index contributed by atoms with van der Waals surface area (Å²) in [6.45, 7) is 1.96. The third-order valence-electron chi connectivity index (χ3n) is 3.92. The minimum absolute atomic E-state index is 0.201. The molecule has 0 aromatic heterocycles. The topological polar surface area (TPSA) is 29.5 Å². The zero-order valence-corrected chi connectivity index (χ0v) is 11.9. The molecule has 20 heavy (non-hydrogen) atoms. The quantitative estimate of drug-likeness (QED) is 0.856. The highest BCUT2D eigenvalue weighted by atomic mass is 19.1. The smallest absolute Gasteiger partial charge is 0.142 e. The molecule has 0 unspecified atom stereocenters. The van der Waals surface area contributed by atoms with Crippen molar-refractivity contribution in [2.45, 2.75) is 45.1 Å². The van der Waals surface area contributed by atoms with Crippen LogP contribution >= 0.6 is 0 Å². The van der Waals surface area contributed by atoms with Crippen LogP contribution < -0.4 is 4.74 Å². The molecule has 1 N–H and O–H groups in total. The maximum atomic E-state index is 13.8. The first-order valence-electron chi connectivity index (χ1n) is 7.28. The number of halogens is 1. The highest BCUT2D eigenvalue weighted by molar-refractivity contribution is 5.39. The van der Waals surface area contributed by atoms with Crippen LogP contribution in [0.4, 0.5) is 4.39 Å². The summed E-state index contributed by atoms with van der Waals surface area (Å²) < 4.78 is 19.6. The maximum absolute atomic E-state index is 13.8. The number of aliphatic hydroxyl groups is 1. The zero-order valence-electron chi connectivity index (χ0n) is 11.9. The Morgan fingerprint density at radius 2 is 2.05 bits per heavy atom. The van der Waals surface area contributed by atoms with Crippen molar-refractivity contribution < 1.29 is 14.2 Å². The van der Waals surface area contributed by atoms with Crippen molar-refractivity contribution in [2.24, 2.45) is 5.92 Å². The van der Waals surface area contributed by atoms with E-state index in [0.717, 1.165) is 18.8 Å². The molecule has 0 atom stereocenters. The first-order chi connectivity index (χ1) is 9.72. The second-order valence-electron chi connectivity index (χ2n) is 5.27. The average Bonchev–Trinajstić information content (AvgIpc) is 2.47. The van der Waals surface area contributed by atoms with Gasteiger partial charge >= 0.3 is 0 Å². The summed E-state index contributed by atoms with van der Waals surface area (Å²) in [6, 6.07) is 4.73. The Kier molecular flexibility index (Phi) is 5.43. The second kappa shape index (κ2) is 7.31. The summed E-state index contributed by atoms with van der Waals surface area (Å²) in [7, 11) is 0. The van der Waals surface area contributed by atoms with Gasteiger partial charge in [-0.15, -0.1) is 0 Å². The standard InChI is InChI=1S/C17H21FO2/c1-2-13-5-8-15(9-6-13)20-16-10-7-14(4-3-11-19)17(18)12-16/h7,10,12-13,15,19H,2,5-6,8-9,11H2,1H3. The molecule has 0 aliphatic heterocycles. The average molecular weight is 276 g/mol. The summed E-state index contributed by atoms with van der Waals surface area (Å²) in [6.07, 6.45) is 5.93. The van der Waals surface area contributed by atoms with Crippen molar-refractivity contribution >= 4 is 0 Å². The van der Waals surface area contributed by atoms with Crippen LogP contribution in [-0.2, 0) is 0 Å². The molecule has 0 bridgehead atoms. The first kappa shape index (κ1) is 14.9. The monoisotopic (exact) mass is 276 g/mol. The van der Waals surface area contributed by atoms with Gasteiger partial charge in [-0.05, 0) is 43.7 Å². The van der Waals surface area contributed by atoms with Crippen LogP contribution in [0.15, 0.2) is 18.2 Å². The Morgan fingerprint density at radius 3 is 2.65 bits per heavy atom. The second-order valence-corrected chi connectivity index (χ2v) is 5.27. The molecule has 1 aromatic rings. The lowest BCUT2D eigenvalue weighted by Gasteiger charge is -2.28. The van der Waals surface area contributed by atoms with Crippen molar-refractivity contribution in [1.29, 1.82) is 0 Å². The van der Waals surface area contributed by atoms with Crippen molar-refractivity contribution in [3.05, 3.63) is 29.6 Å². The predicted molar refractivity (Wildman–Crippen MR) is 77.0 cm³/mol. The molecule has 0 heterocycles. The van der Waals surface area contributed by atoms with Gasteiger partial charge in [0.1, 0.15) is 18.2 Å². The van der Waals surface area contributed by atoms with Gasteiger partial charge in [-0.3, -0.25) is 0 Å². The van der Waals surface area contributed by atoms with E-state index >= 15 is 0 Å². The summed E-state index contributed by atoms with van der Waals surface area (Å²) >= 11 is 0. The Bertz CT molecular complexity index is 493. The SMILES string of the molecule is CCC1CCC(Oc2ccc(C#CCO)c(F)c2)CC1. The molecule has 2 nitrogen and oxygen atoms in total. The van der Waals surface area contributed by atoms with Crippen LogP contribution in [-0.4, -0.2) is 17.8 Å². The highest BCUT2D eigenvalue weighted by Gasteiger charge is 2.21. The largest absolute Gasteiger partial charge is 0.490 e. The van der Waals surface area contributed by atoms with Crippen molar-refractivity contribution in [3.63, 3.8) is 0 Å². The fourth-order valence-corrected chi connectivity index (χ4v) is 2.66. The Hall–Kier alpha value is -1.53. The third-order valence-corrected chi connectivity index (χ3v) is 3.92. The summed E-state index contributed by atoms with van der Waals surface area (Å²) in [4.78, 5) is 0. The van der Waals surface area contributed by atoms with Crippen LogP contribution in [0.25, 0.3) is 0 Å². The summed E-state index contributed by atoms with van der Waals surface area (Å²) in [5, 5.41) is 8.61. The number of benzene rings is 1. The van der Waals surface area contributed by atoms with Gasteiger partial charge in [-0.25, -0.2) is 4.39 Å². The molecule has 1 fully saturated rings. The van der Waals surface area contributed by atoms with Gasteiger partial charge in [0.05, 0.1) is 11.7 Å². The van der Waals surface area contributed by atoms with Crippen LogP contribution in [0.3, 0.4) is 0 Å². The van der Waals surface area contributed by atoms with E-state index in [1.165, 1.54) is 25.3 Å². The minimum atomic E-state index is -0.398. The van der Waals surface area contributed by atoms with Crippen molar-refractivity contribution in [2.75, 3.05) is 6.61 Å². The van der Waals surface area contributed by atoms with Gasteiger partial charge in [0.15, 0.2) is 0 Å². The lowest BCUT2D eigenvalue weighted by atomic mass is 9.86. The lowest BCUT2D eigenvalue weighted by Crippen LogP contribution is -2.23. The molecular formula is C17H21FO2. The van der Waals surface area contributed by atoms with Crippen LogP contribution in [0, 0.1) is 23.6 Å². The molecule has 0 amide bonds. The van der Waals surface area contributed by atoms with Gasteiger partial charge in [0.25, 0.3) is 0 Å². The van der Waals surface area contributed by atoms with Gasteiger partial charge in [-0.1, -0.05) is 25.2 Å². The zero-order chi connectivity index (χ0) is 14.4. The maximum Gasteiger partial charge on any atom is 0.142 e.